The second kappa shape index (κ2) is 11.6. The Bertz CT molecular complexity index is 999. The Hall–Kier alpha value is -3.42. The van der Waals surface area contributed by atoms with E-state index in [4.69, 9.17) is 4.74 Å². The van der Waals surface area contributed by atoms with Gasteiger partial charge in [-0.3, -0.25) is 14.4 Å². The number of nitrogens with zero attached hydrogens (tertiary/aromatic N) is 2. The van der Waals surface area contributed by atoms with Gasteiger partial charge in [-0.15, -0.1) is 0 Å². The average molecular weight is 470 g/mol. The van der Waals surface area contributed by atoms with Gasteiger partial charge in [0, 0.05) is 37.3 Å². The number of carbonyl (C=O) groups is 3. The number of rotatable bonds is 8. The lowest BCUT2D eigenvalue weighted by atomic mass is 9.87. The van der Waals surface area contributed by atoms with Crippen molar-refractivity contribution in [2.75, 3.05) is 33.3 Å². The molecule has 2 aromatic rings. The number of halogens is 1. The van der Waals surface area contributed by atoms with Crippen LogP contribution in [0.4, 0.5) is 4.39 Å². The highest BCUT2D eigenvalue weighted by molar-refractivity contribution is 5.98. The van der Waals surface area contributed by atoms with Crippen LogP contribution in [0, 0.1) is 11.7 Å². The van der Waals surface area contributed by atoms with Crippen molar-refractivity contribution in [2.24, 2.45) is 5.92 Å². The summed E-state index contributed by atoms with van der Waals surface area (Å²) in [4.78, 5) is 42.6. The third-order valence-electron chi connectivity index (χ3n) is 6.35. The van der Waals surface area contributed by atoms with E-state index in [2.05, 4.69) is 5.32 Å². The molecule has 1 fully saturated rings. The normalized spacial score (nSPS) is 14.9. The molecule has 8 heteroatoms. The Kier molecular flexibility index (Phi) is 8.62. The summed E-state index contributed by atoms with van der Waals surface area (Å²) in [7, 11) is 1.56. The van der Waals surface area contributed by atoms with Crippen LogP contribution >= 0.6 is 0 Å². The zero-order valence-electron chi connectivity index (χ0n) is 19.9. The highest BCUT2D eigenvalue weighted by Crippen LogP contribution is 2.25. The molecular weight excluding hydrogens is 437 g/mol. The summed E-state index contributed by atoms with van der Waals surface area (Å²) in [5, 5.41) is 2.89. The molecule has 7 nitrogen and oxygen atoms in total. The van der Waals surface area contributed by atoms with Gasteiger partial charge in [-0.2, -0.15) is 0 Å². The number of methoxy groups -OCH3 is 1. The van der Waals surface area contributed by atoms with Crippen molar-refractivity contribution in [3.05, 3.63) is 65.5 Å². The van der Waals surface area contributed by atoms with Gasteiger partial charge in [0.25, 0.3) is 11.8 Å². The molecule has 2 aromatic carbocycles. The number of likely N-dealkylation sites (N-methyl/N-ethyl adjacent to an activating group) is 1. The molecule has 0 aliphatic carbocycles. The van der Waals surface area contributed by atoms with Crippen molar-refractivity contribution in [2.45, 2.75) is 32.7 Å². The van der Waals surface area contributed by atoms with E-state index in [-0.39, 0.29) is 17.7 Å². The van der Waals surface area contributed by atoms with E-state index in [1.807, 2.05) is 13.8 Å². The minimum Gasteiger partial charge on any atom is -0.497 e. The molecule has 3 amide bonds. The SMILES string of the molecule is CCN(CC)C(=O)[C@H](NC(=O)c1ccc(F)cc1)C1CCN(C(=O)c2cccc(OC)c2)CC1. The zero-order valence-corrected chi connectivity index (χ0v) is 19.9. The van der Waals surface area contributed by atoms with Crippen LogP contribution in [0.25, 0.3) is 0 Å². The van der Waals surface area contributed by atoms with E-state index >= 15 is 0 Å². The van der Waals surface area contributed by atoms with E-state index in [0.717, 1.165) is 0 Å². The van der Waals surface area contributed by atoms with E-state index < -0.39 is 17.8 Å². The number of piperidine rings is 1. The van der Waals surface area contributed by atoms with Gasteiger partial charge in [-0.1, -0.05) is 6.07 Å². The van der Waals surface area contributed by atoms with Crippen molar-refractivity contribution >= 4 is 17.7 Å². The first kappa shape index (κ1) is 25.2. The predicted molar refractivity (Wildman–Crippen MR) is 127 cm³/mol. The fourth-order valence-electron chi connectivity index (χ4n) is 4.31. The van der Waals surface area contributed by atoms with Crippen LogP contribution < -0.4 is 10.1 Å². The average Bonchev–Trinajstić information content (AvgIpc) is 2.88. The number of carbonyl (C=O) groups excluding carboxylic acids is 3. The van der Waals surface area contributed by atoms with E-state index in [1.54, 1.807) is 41.2 Å². The fraction of sp³-hybridized carbons (Fsp3) is 0.423. The van der Waals surface area contributed by atoms with E-state index in [9.17, 15) is 18.8 Å². The Morgan fingerprint density at radius 2 is 1.71 bits per heavy atom. The molecule has 1 N–H and O–H groups in total. The fourth-order valence-corrected chi connectivity index (χ4v) is 4.31. The number of hydrogen-bond acceptors (Lipinski definition) is 4. The van der Waals surface area contributed by atoms with Crippen molar-refractivity contribution in [1.82, 2.24) is 15.1 Å². The molecule has 3 rings (SSSR count). The van der Waals surface area contributed by atoms with Crippen LogP contribution in [-0.2, 0) is 4.79 Å². The summed E-state index contributed by atoms with van der Waals surface area (Å²) >= 11 is 0. The Balaban J connectivity index is 1.72. The van der Waals surface area contributed by atoms with Gasteiger partial charge in [0.15, 0.2) is 0 Å². The number of hydrogen-bond donors (Lipinski definition) is 1. The molecule has 1 saturated heterocycles. The van der Waals surface area contributed by atoms with Gasteiger partial charge >= 0.3 is 0 Å². The van der Waals surface area contributed by atoms with Crippen molar-refractivity contribution in [1.29, 1.82) is 0 Å². The molecule has 0 unspecified atom stereocenters. The largest absolute Gasteiger partial charge is 0.497 e. The Morgan fingerprint density at radius 3 is 2.29 bits per heavy atom. The maximum atomic E-state index is 13.3. The summed E-state index contributed by atoms with van der Waals surface area (Å²) in [6.07, 6.45) is 1.16. The van der Waals surface area contributed by atoms with Gasteiger partial charge in [-0.25, -0.2) is 4.39 Å². The highest BCUT2D eigenvalue weighted by atomic mass is 19.1. The van der Waals surface area contributed by atoms with Crippen molar-refractivity contribution < 1.29 is 23.5 Å². The molecule has 1 heterocycles. The van der Waals surface area contributed by atoms with Gasteiger partial charge in [-0.05, 0) is 75.1 Å². The van der Waals surface area contributed by atoms with Crippen LogP contribution in [0.2, 0.25) is 0 Å². The summed E-state index contributed by atoms with van der Waals surface area (Å²) in [6, 6.07) is 11.6. The summed E-state index contributed by atoms with van der Waals surface area (Å²) in [5.41, 5.74) is 0.850. The second-order valence-electron chi connectivity index (χ2n) is 8.33. The monoisotopic (exact) mass is 469 g/mol. The topological polar surface area (TPSA) is 79.0 Å². The van der Waals surface area contributed by atoms with Crippen LogP contribution in [0.3, 0.4) is 0 Å². The molecule has 0 spiro atoms. The van der Waals surface area contributed by atoms with Gasteiger partial charge in [0.1, 0.15) is 17.6 Å². The van der Waals surface area contributed by atoms with Crippen LogP contribution in [0.1, 0.15) is 47.4 Å². The van der Waals surface area contributed by atoms with Crippen LogP contribution in [0.5, 0.6) is 5.75 Å². The lowest BCUT2D eigenvalue weighted by Gasteiger charge is -2.37. The number of benzene rings is 2. The molecule has 1 aliphatic rings. The van der Waals surface area contributed by atoms with Crippen LogP contribution in [-0.4, -0.2) is 66.9 Å². The first-order valence-corrected chi connectivity index (χ1v) is 11.7. The van der Waals surface area contributed by atoms with Gasteiger partial charge in [0.05, 0.1) is 7.11 Å². The lowest BCUT2D eigenvalue weighted by molar-refractivity contribution is -0.134. The molecule has 0 radical (unpaired) electrons. The summed E-state index contributed by atoms with van der Waals surface area (Å²) in [6.45, 7) is 5.83. The first-order chi connectivity index (χ1) is 16.4. The predicted octanol–water partition coefficient (Wildman–Crippen LogP) is 3.35. The maximum absolute atomic E-state index is 13.3. The van der Waals surface area contributed by atoms with Crippen molar-refractivity contribution in [3.8, 4) is 5.75 Å². The quantitative estimate of drug-likeness (QED) is 0.643. The second-order valence-corrected chi connectivity index (χ2v) is 8.33. The molecule has 1 aliphatic heterocycles. The third kappa shape index (κ3) is 5.92. The summed E-state index contributed by atoms with van der Waals surface area (Å²) < 4.78 is 18.5. The minimum atomic E-state index is -0.716. The first-order valence-electron chi connectivity index (χ1n) is 11.7. The number of nitrogens with one attached hydrogen (secondary N) is 1. The molecule has 0 bridgehead atoms. The number of likely N-dealkylation sites (tertiary alicyclic amines) is 1. The van der Waals surface area contributed by atoms with E-state index in [0.29, 0.717) is 55.9 Å². The molecular formula is C26H32FN3O4. The third-order valence-corrected chi connectivity index (χ3v) is 6.35. The maximum Gasteiger partial charge on any atom is 0.253 e. The standard InChI is InChI=1S/C26H32FN3O4/c1-4-29(5-2)26(33)23(28-24(31)19-9-11-21(27)12-10-19)18-13-15-30(16-14-18)25(32)20-7-6-8-22(17-20)34-3/h6-12,17-18,23H,4-5,13-16H2,1-3H3,(H,28,31)/t23-/m1/s1. The Labute approximate surface area is 199 Å². The van der Waals surface area contributed by atoms with Gasteiger partial charge in [0.2, 0.25) is 5.91 Å². The molecule has 0 saturated carbocycles. The van der Waals surface area contributed by atoms with Crippen molar-refractivity contribution in [3.63, 3.8) is 0 Å². The minimum absolute atomic E-state index is 0.0840. The molecule has 0 aromatic heterocycles. The lowest BCUT2D eigenvalue weighted by Crippen LogP contribution is -2.54. The van der Waals surface area contributed by atoms with Crippen LogP contribution in [0.15, 0.2) is 48.5 Å². The summed E-state index contributed by atoms with van der Waals surface area (Å²) in [5.74, 6) is -0.570. The van der Waals surface area contributed by atoms with E-state index in [1.165, 1.54) is 24.3 Å². The smallest absolute Gasteiger partial charge is 0.253 e. The molecule has 34 heavy (non-hydrogen) atoms. The number of amides is 3. The highest BCUT2D eigenvalue weighted by Gasteiger charge is 2.35. The Morgan fingerprint density at radius 1 is 1.06 bits per heavy atom. The molecule has 1 atom stereocenters. The van der Waals surface area contributed by atoms with Gasteiger partial charge < -0.3 is 19.9 Å². The number of ether oxygens (including phenoxy) is 1. The molecule has 182 valence electrons. The zero-order chi connectivity index (χ0) is 24.7.